The SMILES string of the molecule is COc1ccc(S(=O)(=O)N2CCCC2)cc1NC(=O)c1ccc(OCCSc2ccccc2)cc1. The number of nitrogens with one attached hydrogen (secondary N) is 1. The first-order valence-corrected chi connectivity index (χ1v) is 13.8. The summed E-state index contributed by atoms with van der Waals surface area (Å²) in [4.78, 5) is 14.2. The Kier molecular flexibility index (Phi) is 8.33. The molecule has 1 aliphatic rings. The zero-order valence-electron chi connectivity index (χ0n) is 19.5. The number of thioether (sulfide) groups is 1. The summed E-state index contributed by atoms with van der Waals surface area (Å²) in [6.07, 6.45) is 1.70. The van der Waals surface area contributed by atoms with Crippen LogP contribution >= 0.6 is 11.8 Å². The van der Waals surface area contributed by atoms with Gasteiger partial charge in [0.25, 0.3) is 5.91 Å². The number of anilines is 1. The number of benzene rings is 3. The molecule has 35 heavy (non-hydrogen) atoms. The molecule has 0 aromatic heterocycles. The molecule has 0 aliphatic carbocycles. The Morgan fingerprint density at radius 3 is 2.40 bits per heavy atom. The average Bonchev–Trinajstić information content (AvgIpc) is 3.44. The minimum Gasteiger partial charge on any atom is -0.495 e. The summed E-state index contributed by atoms with van der Waals surface area (Å²) in [5.41, 5.74) is 0.724. The van der Waals surface area contributed by atoms with E-state index in [0.29, 0.717) is 42.4 Å². The zero-order chi connectivity index (χ0) is 24.7. The van der Waals surface area contributed by atoms with Crippen LogP contribution in [0.3, 0.4) is 0 Å². The summed E-state index contributed by atoms with van der Waals surface area (Å²) in [6.45, 7) is 1.56. The maximum Gasteiger partial charge on any atom is 0.255 e. The molecule has 0 saturated carbocycles. The number of sulfonamides is 1. The van der Waals surface area contributed by atoms with Crippen LogP contribution in [0.2, 0.25) is 0 Å². The topological polar surface area (TPSA) is 84.9 Å². The highest BCUT2D eigenvalue weighted by Crippen LogP contribution is 2.30. The predicted molar refractivity (Wildman–Crippen MR) is 138 cm³/mol. The van der Waals surface area contributed by atoms with Crippen molar-refractivity contribution >= 4 is 33.4 Å². The molecule has 1 N–H and O–H groups in total. The Morgan fingerprint density at radius 2 is 1.71 bits per heavy atom. The van der Waals surface area contributed by atoms with Gasteiger partial charge < -0.3 is 14.8 Å². The third-order valence-electron chi connectivity index (χ3n) is 5.60. The van der Waals surface area contributed by atoms with E-state index in [1.54, 1.807) is 42.1 Å². The first-order chi connectivity index (χ1) is 17.0. The minimum atomic E-state index is -3.61. The molecule has 1 saturated heterocycles. The van der Waals surface area contributed by atoms with E-state index < -0.39 is 10.0 Å². The highest BCUT2D eigenvalue weighted by atomic mass is 32.2. The summed E-state index contributed by atoms with van der Waals surface area (Å²) in [5.74, 6) is 1.49. The summed E-state index contributed by atoms with van der Waals surface area (Å²) < 4.78 is 38.4. The number of carbonyl (C=O) groups is 1. The van der Waals surface area contributed by atoms with Crippen LogP contribution in [-0.2, 0) is 10.0 Å². The van der Waals surface area contributed by atoms with Gasteiger partial charge in [0.15, 0.2) is 0 Å². The van der Waals surface area contributed by atoms with E-state index in [9.17, 15) is 13.2 Å². The second-order valence-corrected chi connectivity index (χ2v) is 11.1. The third kappa shape index (κ3) is 6.36. The molecule has 0 bridgehead atoms. The number of carbonyl (C=O) groups excluding carboxylic acids is 1. The van der Waals surface area contributed by atoms with E-state index in [0.717, 1.165) is 18.6 Å². The Balaban J connectivity index is 1.38. The first-order valence-electron chi connectivity index (χ1n) is 11.4. The van der Waals surface area contributed by atoms with Gasteiger partial charge in [-0.05, 0) is 67.4 Å². The molecular weight excluding hydrogens is 484 g/mol. The van der Waals surface area contributed by atoms with Crippen LogP contribution in [0.4, 0.5) is 5.69 Å². The number of rotatable bonds is 10. The maximum atomic E-state index is 12.9. The lowest BCUT2D eigenvalue weighted by Gasteiger charge is -2.17. The standard InChI is InChI=1S/C26H28N2O5S2/c1-32-25-14-13-23(35(30,31)28-15-5-6-16-28)19-24(25)27-26(29)20-9-11-21(12-10-20)33-17-18-34-22-7-3-2-4-8-22/h2-4,7-14,19H,5-6,15-18H2,1H3,(H,27,29). The summed E-state index contributed by atoms with van der Waals surface area (Å²) in [5, 5.41) is 2.78. The van der Waals surface area contributed by atoms with Gasteiger partial charge in [0, 0.05) is 29.3 Å². The van der Waals surface area contributed by atoms with Gasteiger partial charge in [0.05, 0.1) is 24.3 Å². The normalized spacial score (nSPS) is 14.0. The van der Waals surface area contributed by atoms with Gasteiger partial charge in [-0.3, -0.25) is 4.79 Å². The van der Waals surface area contributed by atoms with Crippen LogP contribution in [0.5, 0.6) is 11.5 Å². The third-order valence-corrected chi connectivity index (χ3v) is 8.47. The molecule has 0 radical (unpaired) electrons. The van der Waals surface area contributed by atoms with Gasteiger partial charge in [-0.15, -0.1) is 11.8 Å². The molecule has 7 nitrogen and oxygen atoms in total. The predicted octanol–water partition coefficient (Wildman–Crippen LogP) is 4.90. The van der Waals surface area contributed by atoms with Crippen molar-refractivity contribution in [2.75, 3.05) is 37.9 Å². The van der Waals surface area contributed by atoms with Crippen molar-refractivity contribution in [3.8, 4) is 11.5 Å². The van der Waals surface area contributed by atoms with Crippen molar-refractivity contribution < 1.29 is 22.7 Å². The number of ether oxygens (including phenoxy) is 2. The molecule has 4 rings (SSSR count). The zero-order valence-corrected chi connectivity index (χ0v) is 21.1. The first kappa shape index (κ1) is 25.1. The van der Waals surface area contributed by atoms with Gasteiger partial charge in [0.2, 0.25) is 10.0 Å². The van der Waals surface area contributed by atoms with Crippen LogP contribution in [0.15, 0.2) is 82.6 Å². The van der Waals surface area contributed by atoms with Crippen LogP contribution in [0, 0.1) is 0 Å². The lowest BCUT2D eigenvalue weighted by Crippen LogP contribution is -2.28. The average molecular weight is 513 g/mol. The molecule has 1 aliphatic heterocycles. The molecule has 3 aromatic rings. The Labute approximate surface area is 210 Å². The number of nitrogens with zero attached hydrogens (tertiary/aromatic N) is 1. The quantitative estimate of drug-likeness (QED) is 0.307. The molecule has 184 valence electrons. The summed E-state index contributed by atoms with van der Waals surface area (Å²) in [6, 6.07) is 21.5. The summed E-state index contributed by atoms with van der Waals surface area (Å²) >= 11 is 1.72. The van der Waals surface area contributed by atoms with Crippen LogP contribution in [0.25, 0.3) is 0 Å². The van der Waals surface area contributed by atoms with Crippen molar-refractivity contribution in [1.82, 2.24) is 4.31 Å². The van der Waals surface area contributed by atoms with E-state index in [4.69, 9.17) is 9.47 Å². The monoisotopic (exact) mass is 512 g/mol. The second kappa shape index (κ2) is 11.6. The van der Waals surface area contributed by atoms with Crippen molar-refractivity contribution in [3.63, 3.8) is 0 Å². The van der Waals surface area contributed by atoms with Crippen molar-refractivity contribution in [1.29, 1.82) is 0 Å². The molecule has 0 spiro atoms. The lowest BCUT2D eigenvalue weighted by atomic mass is 10.2. The van der Waals surface area contributed by atoms with E-state index in [2.05, 4.69) is 17.4 Å². The highest BCUT2D eigenvalue weighted by Gasteiger charge is 2.28. The van der Waals surface area contributed by atoms with Gasteiger partial charge in [-0.2, -0.15) is 4.31 Å². The molecular formula is C26H28N2O5S2. The highest BCUT2D eigenvalue weighted by molar-refractivity contribution is 7.99. The second-order valence-electron chi connectivity index (χ2n) is 7.96. The van der Waals surface area contributed by atoms with E-state index in [-0.39, 0.29) is 10.8 Å². The fourth-order valence-electron chi connectivity index (χ4n) is 3.76. The van der Waals surface area contributed by atoms with Crippen LogP contribution < -0.4 is 14.8 Å². The van der Waals surface area contributed by atoms with Gasteiger partial charge in [-0.1, -0.05) is 18.2 Å². The Morgan fingerprint density at radius 1 is 1.00 bits per heavy atom. The smallest absolute Gasteiger partial charge is 0.255 e. The fourth-order valence-corrected chi connectivity index (χ4v) is 6.05. The molecule has 0 atom stereocenters. The molecule has 3 aromatic carbocycles. The van der Waals surface area contributed by atoms with E-state index in [1.165, 1.54) is 28.4 Å². The molecule has 0 unspecified atom stereocenters. The van der Waals surface area contributed by atoms with E-state index in [1.807, 2.05) is 18.2 Å². The maximum absolute atomic E-state index is 12.9. The van der Waals surface area contributed by atoms with E-state index >= 15 is 0 Å². The number of methoxy groups -OCH3 is 1. The van der Waals surface area contributed by atoms with Crippen LogP contribution in [-0.4, -0.2) is 51.2 Å². The molecule has 1 fully saturated rings. The number of hydrogen-bond acceptors (Lipinski definition) is 6. The summed E-state index contributed by atoms with van der Waals surface area (Å²) in [7, 11) is -2.14. The molecule has 9 heteroatoms. The van der Waals surface area contributed by atoms with Crippen molar-refractivity contribution in [3.05, 3.63) is 78.4 Å². The Hall–Kier alpha value is -3.01. The number of hydrogen-bond donors (Lipinski definition) is 1. The molecule has 1 amide bonds. The van der Waals surface area contributed by atoms with Crippen molar-refractivity contribution in [2.24, 2.45) is 0 Å². The van der Waals surface area contributed by atoms with Gasteiger partial charge >= 0.3 is 0 Å². The lowest BCUT2D eigenvalue weighted by molar-refractivity contribution is 0.102. The van der Waals surface area contributed by atoms with Crippen molar-refractivity contribution in [2.45, 2.75) is 22.6 Å². The van der Waals surface area contributed by atoms with Gasteiger partial charge in [-0.25, -0.2) is 8.42 Å². The number of amides is 1. The largest absolute Gasteiger partial charge is 0.495 e. The van der Waals surface area contributed by atoms with Crippen LogP contribution in [0.1, 0.15) is 23.2 Å². The Bertz CT molecular complexity index is 1240. The van der Waals surface area contributed by atoms with Gasteiger partial charge in [0.1, 0.15) is 11.5 Å². The minimum absolute atomic E-state index is 0.132. The molecule has 1 heterocycles. The fraction of sp³-hybridized carbons (Fsp3) is 0.269.